The van der Waals surface area contributed by atoms with Crippen LogP contribution in [0.1, 0.15) is 44.1 Å². The Kier molecular flexibility index (Phi) is 5.12. The number of rotatable bonds is 5. The molecule has 0 saturated carbocycles. The molecular weight excluding hydrogens is 334 g/mol. The summed E-state index contributed by atoms with van der Waals surface area (Å²) in [6.07, 6.45) is 1.64. The van der Waals surface area contributed by atoms with Crippen LogP contribution in [0.5, 0.6) is 0 Å². The predicted octanol–water partition coefficient (Wildman–Crippen LogP) is 3.32. The molecule has 0 bridgehead atoms. The third kappa shape index (κ3) is 3.32. The van der Waals surface area contributed by atoms with Crippen LogP contribution in [0.3, 0.4) is 0 Å². The van der Waals surface area contributed by atoms with Gasteiger partial charge < -0.3 is 9.30 Å². The minimum atomic E-state index is -0.592. The first-order valence-corrected chi connectivity index (χ1v) is 7.66. The smallest absolute Gasteiger partial charge is 0.321 e. The fourth-order valence-electron chi connectivity index (χ4n) is 2.16. The van der Waals surface area contributed by atoms with Crippen LogP contribution in [0.4, 0.5) is 0 Å². The van der Waals surface area contributed by atoms with Crippen molar-refractivity contribution in [3.63, 3.8) is 0 Å². The van der Waals surface area contributed by atoms with Gasteiger partial charge in [0, 0.05) is 10.5 Å². The number of carbonyl (C=O) groups excluding carboxylic acids is 1. The molecule has 1 aromatic heterocycles. The summed E-state index contributed by atoms with van der Waals surface area (Å²) in [5.41, 5.74) is 0.825. The number of esters is 1. The molecule has 2 aromatic rings. The maximum Gasteiger partial charge on any atom is 0.321 e. The van der Waals surface area contributed by atoms with Crippen LogP contribution in [-0.4, -0.2) is 27.3 Å². The van der Waals surface area contributed by atoms with Crippen LogP contribution in [0.2, 0.25) is 0 Å². The number of hydrogen-bond donors (Lipinski definition) is 0. The number of hydrogen-bond acceptors (Lipinski definition) is 4. The van der Waals surface area contributed by atoms with E-state index < -0.39 is 5.92 Å². The molecule has 0 aliphatic rings. The summed E-state index contributed by atoms with van der Waals surface area (Å²) in [4.78, 5) is 12.4. The molecule has 5 nitrogen and oxygen atoms in total. The molecule has 1 heterocycles. The molecule has 2 rings (SSSR count). The van der Waals surface area contributed by atoms with Crippen LogP contribution >= 0.6 is 15.9 Å². The van der Waals surface area contributed by atoms with E-state index in [1.54, 1.807) is 13.3 Å². The second-order valence-electron chi connectivity index (χ2n) is 4.90. The molecule has 0 fully saturated rings. The van der Waals surface area contributed by atoms with E-state index in [0.29, 0.717) is 12.4 Å². The van der Waals surface area contributed by atoms with E-state index in [1.165, 1.54) is 0 Å². The van der Waals surface area contributed by atoms with Gasteiger partial charge in [0.25, 0.3) is 0 Å². The summed E-state index contributed by atoms with van der Waals surface area (Å²) in [5.74, 6) is -0.319. The maximum atomic E-state index is 12.4. The van der Waals surface area contributed by atoms with Gasteiger partial charge in [-0.2, -0.15) is 0 Å². The van der Waals surface area contributed by atoms with Gasteiger partial charge in [0.15, 0.2) is 5.82 Å². The monoisotopic (exact) mass is 351 g/mol. The summed E-state index contributed by atoms with van der Waals surface area (Å²) in [6, 6.07) is 7.75. The van der Waals surface area contributed by atoms with Crippen LogP contribution in [0.25, 0.3) is 0 Å². The van der Waals surface area contributed by atoms with Gasteiger partial charge in [-0.1, -0.05) is 34.1 Å². The fraction of sp³-hybridized carbons (Fsp3) is 0.400. The Morgan fingerprint density at radius 2 is 2.10 bits per heavy atom. The topological polar surface area (TPSA) is 57.0 Å². The number of nitrogens with zero attached hydrogens (tertiary/aromatic N) is 3. The lowest BCUT2D eigenvalue weighted by Gasteiger charge is -2.19. The van der Waals surface area contributed by atoms with Crippen LogP contribution in [0.15, 0.2) is 35.1 Å². The number of aromatic nitrogens is 3. The Morgan fingerprint density at radius 1 is 1.38 bits per heavy atom. The first kappa shape index (κ1) is 15.7. The molecule has 0 aliphatic heterocycles. The number of ether oxygens (including phenoxy) is 1. The molecule has 1 atom stereocenters. The van der Waals surface area contributed by atoms with Crippen molar-refractivity contribution >= 4 is 21.9 Å². The normalized spacial score (nSPS) is 12.4. The number of carbonyl (C=O) groups is 1. The van der Waals surface area contributed by atoms with Gasteiger partial charge >= 0.3 is 5.97 Å². The van der Waals surface area contributed by atoms with Crippen molar-refractivity contribution in [1.29, 1.82) is 0 Å². The van der Waals surface area contributed by atoms with Gasteiger partial charge in [0.05, 0.1) is 6.61 Å². The van der Waals surface area contributed by atoms with Gasteiger partial charge in [-0.25, -0.2) is 0 Å². The lowest BCUT2D eigenvalue weighted by molar-refractivity contribution is -0.144. The van der Waals surface area contributed by atoms with Crippen LogP contribution in [0, 0.1) is 0 Å². The molecule has 1 aromatic carbocycles. The summed E-state index contributed by atoms with van der Waals surface area (Å²) < 4.78 is 7.97. The Hall–Kier alpha value is -1.69. The molecule has 0 radical (unpaired) electrons. The lowest BCUT2D eigenvalue weighted by atomic mass is 9.98. The van der Waals surface area contributed by atoms with E-state index in [-0.39, 0.29) is 12.0 Å². The summed E-state index contributed by atoms with van der Waals surface area (Å²) in [6.45, 7) is 6.17. The van der Waals surface area contributed by atoms with Gasteiger partial charge in [-0.3, -0.25) is 4.79 Å². The molecule has 0 saturated heterocycles. The highest BCUT2D eigenvalue weighted by Gasteiger charge is 2.31. The minimum absolute atomic E-state index is 0.161. The van der Waals surface area contributed by atoms with Crippen molar-refractivity contribution in [3.05, 3.63) is 46.5 Å². The fourth-order valence-corrected chi connectivity index (χ4v) is 2.68. The number of benzene rings is 1. The SMILES string of the molecule is CCOC(=O)C(c1ccccc1Br)c1nncn1C(C)C. The average molecular weight is 352 g/mol. The van der Waals surface area contributed by atoms with E-state index in [1.807, 2.05) is 42.7 Å². The quantitative estimate of drug-likeness (QED) is 0.775. The average Bonchev–Trinajstić information content (AvgIpc) is 2.91. The predicted molar refractivity (Wildman–Crippen MR) is 83.0 cm³/mol. The van der Waals surface area contributed by atoms with Crippen molar-refractivity contribution in [1.82, 2.24) is 14.8 Å². The Bertz CT molecular complexity index is 625. The van der Waals surface area contributed by atoms with Crippen molar-refractivity contribution < 1.29 is 9.53 Å². The van der Waals surface area contributed by atoms with E-state index in [4.69, 9.17) is 4.74 Å². The third-order valence-corrected chi connectivity index (χ3v) is 3.88. The molecule has 112 valence electrons. The Morgan fingerprint density at radius 3 is 2.71 bits per heavy atom. The largest absolute Gasteiger partial charge is 0.465 e. The van der Waals surface area contributed by atoms with Crippen molar-refractivity contribution in [3.8, 4) is 0 Å². The molecule has 0 N–H and O–H groups in total. The molecule has 1 unspecified atom stereocenters. The van der Waals surface area contributed by atoms with E-state index in [9.17, 15) is 4.79 Å². The zero-order valence-electron chi connectivity index (χ0n) is 12.3. The Balaban J connectivity index is 2.54. The van der Waals surface area contributed by atoms with Crippen LogP contribution in [-0.2, 0) is 9.53 Å². The van der Waals surface area contributed by atoms with Crippen molar-refractivity contribution in [2.24, 2.45) is 0 Å². The van der Waals surface area contributed by atoms with Gasteiger partial charge in [0.1, 0.15) is 12.2 Å². The highest BCUT2D eigenvalue weighted by molar-refractivity contribution is 9.10. The van der Waals surface area contributed by atoms with Crippen molar-refractivity contribution in [2.75, 3.05) is 6.61 Å². The molecular formula is C15H18BrN3O2. The molecule has 21 heavy (non-hydrogen) atoms. The summed E-state index contributed by atoms with van der Waals surface area (Å²) in [7, 11) is 0. The zero-order valence-corrected chi connectivity index (χ0v) is 13.9. The lowest BCUT2D eigenvalue weighted by Crippen LogP contribution is -2.22. The standard InChI is InChI=1S/C15H18BrN3O2/c1-4-21-15(20)13(11-7-5-6-8-12(11)16)14-18-17-9-19(14)10(2)3/h5-10,13H,4H2,1-3H3. The minimum Gasteiger partial charge on any atom is -0.465 e. The second-order valence-corrected chi connectivity index (χ2v) is 5.75. The molecule has 0 amide bonds. The molecule has 0 aliphatic carbocycles. The van der Waals surface area contributed by atoms with Gasteiger partial charge in [0.2, 0.25) is 0 Å². The van der Waals surface area contributed by atoms with Gasteiger partial charge in [-0.15, -0.1) is 10.2 Å². The highest BCUT2D eigenvalue weighted by Crippen LogP contribution is 2.31. The first-order chi connectivity index (χ1) is 10.1. The van der Waals surface area contributed by atoms with E-state index in [0.717, 1.165) is 10.0 Å². The zero-order chi connectivity index (χ0) is 15.4. The third-order valence-electron chi connectivity index (χ3n) is 3.15. The van der Waals surface area contributed by atoms with Gasteiger partial charge in [-0.05, 0) is 32.4 Å². The number of halogens is 1. The Labute approximate surface area is 132 Å². The summed E-state index contributed by atoms with van der Waals surface area (Å²) >= 11 is 3.50. The molecule has 0 spiro atoms. The molecule has 6 heteroatoms. The maximum absolute atomic E-state index is 12.4. The van der Waals surface area contributed by atoms with E-state index >= 15 is 0 Å². The van der Waals surface area contributed by atoms with Crippen molar-refractivity contribution in [2.45, 2.75) is 32.7 Å². The van der Waals surface area contributed by atoms with E-state index in [2.05, 4.69) is 26.1 Å². The summed E-state index contributed by atoms with van der Waals surface area (Å²) in [5, 5.41) is 8.10. The van der Waals surface area contributed by atoms with Crippen LogP contribution < -0.4 is 0 Å². The first-order valence-electron chi connectivity index (χ1n) is 6.86. The highest BCUT2D eigenvalue weighted by atomic mass is 79.9. The second kappa shape index (κ2) is 6.85.